The number of imidazole rings is 1. The maximum Gasteiger partial charge on any atom is 0.257 e. The second-order valence-corrected chi connectivity index (χ2v) is 5.59. The molecule has 0 aliphatic rings. The lowest BCUT2D eigenvalue weighted by Gasteiger charge is -2.07. The summed E-state index contributed by atoms with van der Waals surface area (Å²) < 4.78 is 39.4. The van der Waals surface area contributed by atoms with Gasteiger partial charge in [0.05, 0.1) is 33.0 Å². The highest BCUT2D eigenvalue weighted by atomic mass is 32.2. The molecule has 0 aliphatic carbocycles. The molecule has 0 saturated heterocycles. The van der Waals surface area contributed by atoms with Gasteiger partial charge in [-0.15, -0.1) is 0 Å². The van der Waals surface area contributed by atoms with Crippen molar-refractivity contribution in [2.45, 2.75) is 18.5 Å². The number of aryl methyl sites for hydroxylation is 1. The summed E-state index contributed by atoms with van der Waals surface area (Å²) in [6, 6.07) is 0. The van der Waals surface area contributed by atoms with E-state index in [1.165, 1.54) is 6.20 Å². The molecule has 0 aromatic carbocycles. The number of sulfonamides is 1. The predicted molar refractivity (Wildman–Crippen MR) is 71.9 cm³/mol. The van der Waals surface area contributed by atoms with Crippen LogP contribution in [-0.2, 0) is 30.8 Å². The molecule has 0 fully saturated rings. The number of rotatable bonds is 10. The fourth-order valence-corrected chi connectivity index (χ4v) is 2.00. The van der Waals surface area contributed by atoms with Crippen LogP contribution >= 0.6 is 0 Å². The second kappa shape index (κ2) is 8.32. The van der Waals surface area contributed by atoms with E-state index in [2.05, 4.69) is 4.98 Å². The summed E-state index contributed by atoms with van der Waals surface area (Å²) in [5.74, 6) is 0.578. The molecule has 1 aromatic rings. The Labute approximate surface area is 118 Å². The van der Waals surface area contributed by atoms with Gasteiger partial charge in [-0.3, -0.25) is 0 Å². The summed E-state index contributed by atoms with van der Waals surface area (Å²) in [7, 11) is -2.14. The molecule has 0 atom stereocenters. The molecule has 20 heavy (non-hydrogen) atoms. The highest BCUT2D eigenvalue weighted by molar-refractivity contribution is 7.89. The van der Waals surface area contributed by atoms with E-state index in [-0.39, 0.29) is 5.03 Å². The third-order valence-electron chi connectivity index (χ3n) is 2.53. The number of aromatic nitrogens is 2. The Balaban J connectivity index is 2.24. The number of primary sulfonamides is 1. The van der Waals surface area contributed by atoms with Crippen molar-refractivity contribution < 1.29 is 22.6 Å². The lowest BCUT2D eigenvalue weighted by molar-refractivity contribution is 0.0229. The first-order valence-electron chi connectivity index (χ1n) is 6.16. The van der Waals surface area contributed by atoms with Crippen LogP contribution in [0.25, 0.3) is 0 Å². The Hall–Kier alpha value is -1.00. The summed E-state index contributed by atoms with van der Waals surface area (Å²) >= 11 is 0. The van der Waals surface area contributed by atoms with Crippen molar-refractivity contribution in [2.75, 3.05) is 40.1 Å². The van der Waals surface area contributed by atoms with Crippen LogP contribution in [0.2, 0.25) is 0 Å². The Morgan fingerprint density at radius 3 is 2.35 bits per heavy atom. The number of hydrogen-bond acceptors (Lipinski definition) is 6. The molecule has 0 spiro atoms. The Morgan fingerprint density at radius 2 is 1.80 bits per heavy atom. The highest BCUT2D eigenvalue weighted by Gasteiger charge is 2.13. The molecule has 0 aliphatic heterocycles. The van der Waals surface area contributed by atoms with Crippen LogP contribution in [0.1, 0.15) is 5.82 Å². The third kappa shape index (κ3) is 5.97. The lowest BCUT2D eigenvalue weighted by Crippen LogP contribution is -2.13. The van der Waals surface area contributed by atoms with Crippen LogP contribution in [0.15, 0.2) is 11.2 Å². The third-order valence-corrected chi connectivity index (χ3v) is 3.31. The molecule has 9 heteroatoms. The van der Waals surface area contributed by atoms with E-state index in [0.717, 1.165) is 0 Å². The minimum atomic E-state index is -3.76. The second-order valence-electron chi connectivity index (χ2n) is 4.08. The van der Waals surface area contributed by atoms with Crippen LogP contribution in [-0.4, -0.2) is 58.1 Å². The van der Waals surface area contributed by atoms with Gasteiger partial charge in [0.2, 0.25) is 0 Å². The van der Waals surface area contributed by atoms with Gasteiger partial charge in [0.25, 0.3) is 10.0 Å². The highest BCUT2D eigenvalue weighted by Crippen LogP contribution is 2.06. The maximum absolute atomic E-state index is 11.1. The summed E-state index contributed by atoms with van der Waals surface area (Å²) in [5.41, 5.74) is 0. The number of nitrogens with zero attached hydrogens (tertiary/aromatic N) is 2. The predicted octanol–water partition coefficient (Wildman–Crippen LogP) is -0.481. The van der Waals surface area contributed by atoms with Crippen molar-refractivity contribution in [2.24, 2.45) is 5.14 Å². The SMILES string of the molecule is COCCOCCOCCn1cc(S(N)(=O)=O)nc1C. The molecule has 0 unspecified atom stereocenters. The van der Waals surface area contributed by atoms with Crippen molar-refractivity contribution in [1.29, 1.82) is 0 Å². The molecular weight excluding hydrogens is 286 g/mol. The van der Waals surface area contributed by atoms with E-state index in [1.807, 2.05) is 0 Å². The molecule has 0 amide bonds. The van der Waals surface area contributed by atoms with Crippen molar-refractivity contribution in [3.8, 4) is 0 Å². The zero-order valence-electron chi connectivity index (χ0n) is 11.7. The first kappa shape index (κ1) is 17.1. The van der Waals surface area contributed by atoms with Crippen molar-refractivity contribution in [1.82, 2.24) is 9.55 Å². The molecule has 2 N–H and O–H groups in total. The zero-order chi connectivity index (χ0) is 15.0. The minimum absolute atomic E-state index is 0.127. The molecule has 1 heterocycles. The molecular formula is C11H21N3O5S. The Kier molecular flexibility index (Phi) is 7.10. The normalized spacial score (nSPS) is 11.9. The lowest BCUT2D eigenvalue weighted by atomic mass is 10.6. The van der Waals surface area contributed by atoms with E-state index in [9.17, 15) is 8.42 Å². The number of nitrogens with two attached hydrogens (primary N) is 1. The fraction of sp³-hybridized carbons (Fsp3) is 0.727. The van der Waals surface area contributed by atoms with Gasteiger partial charge >= 0.3 is 0 Å². The first-order valence-corrected chi connectivity index (χ1v) is 7.71. The number of hydrogen-bond donors (Lipinski definition) is 1. The summed E-state index contributed by atoms with van der Waals surface area (Å²) in [4.78, 5) is 3.89. The van der Waals surface area contributed by atoms with E-state index in [1.54, 1.807) is 18.6 Å². The van der Waals surface area contributed by atoms with Gasteiger partial charge in [-0.2, -0.15) is 0 Å². The van der Waals surface area contributed by atoms with Gasteiger partial charge in [0, 0.05) is 19.9 Å². The van der Waals surface area contributed by atoms with E-state index in [4.69, 9.17) is 19.3 Å². The summed E-state index contributed by atoms with van der Waals surface area (Å²) in [5, 5.41) is 4.88. The van der Waals surface area contributed by atoms with Crippen LogP contribution in [0.5, 0.6) is 0 Å². The smallest absolute Gasteiger partial charge is 0.257 e. The van der Waals surface area contributed by atoms with Crippen molar-refractivity contribution in [3.05, 3.63) is 12.0 Å². The quantitative estimate of drug-likeness (QED) is 0.585. The number of ether oxygens (including phenoxy) is 3. The fourth-order valence-electron chi connectivity index (χ4n) is 1.47. The van der Waals surface area contributed by atoms with E-state index < -0.39 is 10.0 Å². The summed E-state index contributed by atoms with van der Waals surface area (Å²) in [6.07, 6.45) is 1.41. The standard InChI is InChI=1S/C11H21N3O5S/c1-10-13-11(20(12,15)16)9-14(10)3-4-18-7-8-19-6-5-17-2/h9H,3-8H2,1-2H3,(H2,12,15,16). The van der Waals surface area contributed by atoms with Crippen LogP contribution in [0.3, 0.4) is 0 Å². The van der Waals surface area contributed by atoms with Gasteiger partial charge in [-0.05, 0) is 6.92 Å². The molecule has 0 bridgehead atoms. The van der Waals surface area contributed by atoms with E-state index >= 15 is 0 Å². The maximum atomic E-state index is 11.1. The molecule has 8 nitrogen and oxygen atoms in total. The first-order chi connectivity index (χ1) is 9.45. The molecule has 116 valence electrons. The van der Waals surface area contributed by atoms with Gasteiger partial charge in [0.1, 0.15) is 5.82 Å². The number of methoxy groups -OCH3 is 1. The van der Waals surface area contributed by atoms with E-state index in [0.29, 0.717) is 45.4 Å². The molecule has 0 radical (unpaired) electrons. The largest absolute Gasteiger partial charge is 0.382 e. The zero-order valence-corrected chi connectivity index (χ0v) is 12.6. The minimum Gasteiger partial charge on any atom is -0.382 e. The van der Waals surface area contributed by atoms with Gasteiger partial charge in [0.15, 0.2) is 5.03 Å². The van der Waals surface area contributed by atoms with Crippen LogP contribution in [0, 0.1) is 6.92 Å². The van der Waals surface area contributed by atoms with Gasteiger partial charge in [-0.1, -0.05) is 0 Å². The molecule has 1 rings (SSSR count). The monoisotopic (exact) mass is 307 g/mol. The van der Waals surface area contributed by atoms with Crippen LogP contribution < -0.4 is 5.14 Å². The average Bonchev–Trinajstić information content (AvgIpc) is 2.74. The van der Waals surface area contributed by atoms with Gasteiger partial charge in [-0.25, -0.2) is 18.5 Å². The molecule has 1 aromatic heterocycles. The topological polar surface area (TPSA) is 106 Å². The summed E-state index contributed by atoms with van der Waals surface area (Å²) in [6.45, 7) is 4.72. The van der Waals surface area contributed by atoms with Gasteiger partial charge < -0.3 is 18.8 Å². The molecule has 0 saturated carbocycles. The van der Waals surface area contributed by atoms with Crippen molar-refractivity contribution >= 4 is 10.0 Å². The average molecular weight is 307 g/mol. The Morgan fingerprint density at radius 1 is 1.20 bits per heavy atom. The Bertz CT molecular complexity index is 500. The van der Waals surface area contributed by atoms with Crippen molar-refractivity contribution in [3.63, 3.8) is 0 Å². The van der Waals surface area contributed by atoms with Crippen LogP contribution in [0.4, 0.5) is 0 Å².